The summed E-state index contributed by atoms with van der Waals surface area (Å²) >= 11 is 0. The zero-order valence-electron chi connectivity index (χ0n) is 5.49. The predicted octanol–water partition coefficient (Wildman–Crippen LogP) is 2.30. The first-order valence-electron chi connectivity index (χ1n) is 2.73. The fourth-order valence-electron chi connectivity index (χ4n) is 0.316. The van der Waals surface area contributed by atoms with Gasteiger partial charge in [-0.15, -0.1) is 0 Å². The van der Waals surface area contributed by atoms with Crippen LogP contribution in [0.3, 0.4) is 0 Å². The van der Waals surface area contributed by atoms with Crippen molar-refractivity contribution in [3.05, 3.63) is 0 Å². The molecule has 9 heavy (non-hydrogen) atoms. The second-order valence-electron chi connectivity index (χ2n) is 2.22. The average Bonchev–Trinajstić information content (AvgIpc) is 1.64. The van der Waals surface area contributed by atoms with Crippen LogP contribution < -0.4 is 0 Å². The van der Waals surface area contributed by atoms with Crippen molar-refractivity contribution in [3.63, 3.8) is 0 Å². The van der Waals surface area contributed by atoms with Crippen LogP contribution in [-0.2, 0) is 0 Å². The van der Waals surface area contributed by atoms with E-state index in [1.165, 1.54) is 6.92 Å². The van der Waals surface area contributed by atoms with Crippen LogP contribution in [0.25, 0.3) is 0 Å². The fourth-order valence-corrected chi connectivity index (χ4v) is 0.766. The van der Waals surface area contributed by atoms with Gasteiger partial charge in [-0.2, -0.15) is 5.26 Å². The molecule has 0 bridgehead atoms. The highest BCUT2D eigenvalue weighted by molar-refractivity contribution is 6.66. The summed E-state index contributed by atoms with van der Waals surface area (Å²) in [5, 5.41) is 8.04. The van der Waals surface area contributed by atoms with Crippen molar-refractivity contribution in [1.82, 2.24) is 0 Å². The Morgan fingerprint density at radius 2 is 2.11 bits per heavy atom. The molecule has 0 aromatic heterocycles. The number of nitriles is 1. The summed E-state index contributed by atoms with van der Waals surface area (Å²) in [5.41, 5.74) is -0.692. The third-order valence-corrected chi connectivity index (χ3v) is 3.20. The van der Waals surface area contributed by atoms with E-state index >= 15 is 0 Å². The highest BCUT2D eigenvalue weighted by Crippen LogP contribution is 2.26. The molecule has 0 saturated heterocycles. The molecule has 52 valence electrons. The molecule has 0 radical (unpaired) electrons. The first kappa shape index (κ1) is 8.57. The summed E-state index contributed by atoms with van der Waals surface area (Å²) in [4.78, 5) is 0. The summed E-state index contributed by atoms with van der Waals surface area (Å²) in [6.45, 7) is 2.39. The van der Waals surface area contributed by atoms with Crippen LogP contribution in [0.4, 0.5) is 8.22 Å². The topological polar surface area (TPSA) is 23.8 Å². The molecule has 0 N–H and O–H groups in total. The van der Waals surface area contributed by atoms with Crippen molar-refractivity contribution >= 4 is 8.74 Å². The van der Waals surface area contributed by atoms with Crippen LogP contribution in [0.5, 0.6) is 0 Å². The van der Waals surface area contributed by atoms with E-state index < -0.39 is 14.3 Å². The van der Waals surface area contributed by atoms with Crippen molar-refractivity contribution in [1.29, 1.82) is 5.26 Å². The molecule has 0 fully saturated rings. The maximum Gasteiger partial charge on any atom is 0.425 e. The van der Waals surface area contributed by atoms with Gasteiger partial charge >= 0.3 is 8.74 Å². The number of halogens is 2. The highest BCUT2D eigenvalue weighted by atomic mass is 28.4. The maximum atomic E-state index is 12.3. The van der Waals surface area contributed by atoms with Crippen molar-refractivity contribution in [2.24, 2.45) is 0 Å². The van der Waals surface area contributed by atoms with Crippen LogP contribution in [0.2, 0.25) is 12.1 Å². The SMILES string of the molecule is CC(CC#N)[Si](C)(F)F. The van der Waals surface area contributed by atoms with Crippen LogP contribution in [0.1, 0.15) is 13.3 Å². The first-order valence-corrected chi connectivity index (χ1v) is 5.06. The van der Waals surface area contributed by atoms with E-state index in [1.807, 2.05) is 0 Å². The molecule has 0 aliphatic heterocycles. The zero-order chi connectivity index (χ0) is 7.49. The second-order valence-corrected chi connectivity index (χ2v) is 5.12. The lowest BCUT2D eigenvalue weighted by atomic mass is 10.4. The Balaban J connectivity index is 3.76. The molecule has 4 heteroatoms. The fraction of sp³-hybridized carbons (Fsp3) is 0.800. The molecule has 0 saturated carbocycles. The molecule has 0 heterocycles. The summed E-state index contributed by atoms with van der Waals surface area (Å²) < 4.78 is 24.6. The minimum absolute atomic E-state index is 0.0181. The monoisotopic (exact) mass is 149 g/mol. The van der Waals surface area contributed by atoms with Gasteiger partial charge in [0, 0.05) is 12.0 Å². The van der Waals surface area contributed by atoms with E-state index in [0.717, 1.165) is 6.55 Å². The van der Waals surface area contributed by atoms with Crippen LogP contribution in [-0.4, -0.2) is 8.74 Å². The second kappa shape index (κ2) is 2.92. The average molecular weight is 149 g/mol. The third kappa shape index (κ3) is 3.20. The van der Waals surface area contributed by atoms with Crippen molar-refractivity contribution < 1.29 is 8.22 Å². The van der Waals surface area contributed by atoms with E-state index in [-0.39, 0.29) is 6.42 Å². The van der Waals surface area contributed by atoms with Gasteiger partial charge in [-0.1, -0.05) is 6.92 Å². The molecule has 1 unspecified atom stereocenters. The van der Waals surface area contributed by atoms with Crippen LogP contribution in [0.15, 0.2) is 0 Å². The Morgan fingerprint density at radius 1 is 1.67 bits per heavy atom. The summed E-state index contributed by atoms with van der Waals surface area (Å²) in [5.74, 6) is 0. The van der Waals surface area contributed by atoms with Gasteiger partial charge in [0.15, 0.2) is 0 Å². The Bertz CT molecular complexity index is 124. The molecule has 0 amide bonds. The van der Waals surface area contributed by atoms with Gasteiger partial charge in [-0.05, 0) is 6.55 Å². The van der Waals surface area contributed by atoms with Gasteiger partial charge < -0.3 is 0 Å². The van der Waals surface area contributed by atoms with Gasteiger partial charge in [0.1, 0.15) is 0 Å². The summed E-state index contributed by atoms with van der Waals surface area (Å²) in [7, 11) is -4.00. The van der Waals surface area contributed by atoms with E-state index in [4.69, 9.17) is 5.26 Å². The predicted molar refractivity (Wildman–Crippen MR) is 33.5 cm³/mol. The Hall–Kier alpha value is -0.433. The Morgan fingerprint density at radius 3 is 2.22 bits per heavy atom. The Labute approximate surface area is 54.7 Å². The standard InChI is InChI=1S/C5H9F2NSi/c1-5(3-4-8)9(2,6)7/h5H,3H2,1-2H3. The quantitative estimate of drug-likeness (QED) is 0.436. The molecule has 1 nitrogen and oxygen atoms in total. The smallest absolute Gasteiger partial charge is 0.270 e. The molecular weight excluding hydrogens is 140 g/mol. The lowest BCUT2D eigenvalue weighted by Gasteiger charge is -2.11. The van der Waals surface area contributed by atoms with Crippen molar-refractivity contribution in [2.45, 2.75) is 25.4 Å². The Kier molecular flexibility index (Phi) is 2.78. The molecule has 0 aromatic carbocycles. The van der Waals surface area contributed by atoms with Gasteiger partial charge in [0.2, 0.25) is 0 Å². The lowest BCUT2D eigenvalue weighted by molar-refractivity contribution is 0.569. The highest BCUT2D eigenvalue weighted by Gasteiger charge is 2.35. The van der Waals surface area contributed by atoms with E-state index in [9.17, 15) is 8.22 Å². The van der Waals surface area contributed by atoms with E-state index in [1.54, 1.807) is 6.07 Å². The van der Waals surface area contributed by atoms with E-state index in [2.05, 4.69) is 0 Å². The normalized spacial score (nSPS) is 14.6. The molecule has 0 aliphatic rings. The lowest BCUT2D eigenvalue weighted by Crippen LogP contribution is -2.22. The summed E-state index contributed by atoms with van der Waals surface area (Å²) in [6.07, 6.45) is -0.0181. The minimum Gasteiger partial charge on any atom is -0.270 e. The van der Waals surface area contributed by atoms with Crippen molar-refractivity contribution in [3.8, 4) is 6.07 Å². The van der Waals surface area contributed by atoms with Crippen LogP contribution in [0, 0.1) is 11.3 Å². The molecule has 0 aromatic rings. The third-order valence-electron chi connectivity index (χ3n) is 1.26. The van der Waals surface area contributed by atoms with Crippen molar-refractivity contribution in [2.75, 3.05) is 0 Å². The van der Waals surface area contributed by atoms with Gasteiger partial charge in [0.25, 0.3) is 0 Å². The molecular formula is C5H9F2NSi. The molecule has 0 rings (SSSR count). The minimum atomic E-state index is -4.00. The largest absolute Gasteiger partial charge is 0.425 e. The van der Waals surface area contributed by atoms with Gasteiger partial charge in [-0.3, -0.25) is 8.22 Å². The number of nitrogens with zero attached hydrogens (tertiary/aromatic N) is 1. The molecule has 0 aliphatic carbocycles. The molecule has 1 atom stereocenters. The van der Waals surface area contributed by atoms with Gasteiger partial charge in [-0.25, -0.2) is 0 Å². The maximum absolute atomic E-state index is 12.3. The van der Waals surface area contributed by atoms with Gasteiger partial charge in [0.05, 0.1) is 6.07 Å². The number of hydrogen-bond acceptors (Lipinski definition) is 1. The first-order chi connectivity index (χ1) is 3.98. The zero-order valence-corrected chi connectivity index (χ0v) is 6.49. The number of rotatable bonds is 2. The summed E-state index contributed by atoms with van der Waals surface area (Å²) in [6, 6.07) is 1.73. The van der Waals surface area contributed by atoms with Crippen LogP contribution >= 0.6 is 0 Å². The number of hydrogen-bond donors (Lipinski definition) is 0. The molecule has 0 spiro atoms. The van der Waals surface area contributed by atoms with E-state index in [0.29, 0.717) is 0 Å².